The van der Waals surface area contributed by atoms with Gasteiger partial charge in [0.05, 0.1) is 0 Å². The fourth-order valence-electron chi connectivity index (χ4n) is 3.13. The Hall–Kier alpha value is -0.890. The number of aromatic nitrogens is 1. The Kier molecular flexibility index (Phi) is 4.98. The molecule has 106 valence electrons. The van der Waals surface area contributed by atoms with Crippen molar-refractivity contribution < 1.29 is 0 Å². The Morgan fingerprint density at radius 2 is 1.95 bits per heavy atom. The van der Waals surface area contributed by atoms with Crippen LogP contribution in [0.3, 0.4) is 0 Å². The maximum Gasteiger partial charge on any atom is 0.0300 e. The minimum atomic E-state index is 0.487. The molecule has 0 unspecified atom stereocenters. The van der Waals surface area contributed by atoms with E-state index in [0.29, 0.717) is 5.41 Å². The highest BCUT2D eigenvalue weighted by Crippen LogP contribution is 2.37. The second kappa shape index (κ2) is 6.51. The zero-order chi connectivity index (χ0) is 13.7. The van der Waals surface area contributed by atoms with E-state index in [1.165, 1.54) is 31.2 Å². The molecule has 1 aromatic rings. The third kappa shape index (κ3) is 4.61. The summed E-state index contributed by atoms with van der Waals surface area (Å²) in [6.45, 7) is 8.23. The molecule has 0 amide bonds. The van der Waals surface area contributed by atoms with Crippen molar-refractivity contribution >= 4 is 0 Å². The van der Waals surface area contributed by atoms with Gasteiger partial charge in [0, 0.05) is 18.4 Å². The first-order chi connectivity index (χ1) is 9.05. The third-order valence-electron chi connectivity index (χ3n) is 4.52. The molecule has 0 bridgehead atoms. The van der Waals surface area contributed by atoms with Crippen molar-refractivity contribution in [2.24, 2.45) is 11.3 Å². The summed E-state index contributed by atoms with van der Waals surface area (Å²) in [5.74, 6) is 0.906. The first-order valence-electron chi connectivity index (χ1n) is 7.68. The van der Waals surface area contributed by atoms with Crippen LogP contribution in [-0.2, 0) is 6.42 Å². The second-order valence-corrected chi connectivity index (χ2v) is 6.98. The van der Waals surface area contributed by atoms with Crippen LogP contribution in [0.1, 0.15) is 52.0 Å². The SMILES string of the molecule is CC(C)(C)C1CCC(NCCc2cccnc2)CC1. The lowest BCUT2D eigenvalue weighted by molar-refractivity contribution is 0.160. The van der Waals surface area contributed by atoms with E-state index in [1.807, 2.05) is 18.5 Å². The zero-order valence-electron chi connectivity index (χ0n) is 12.7. The molecular formula is C17H28N2. The molecule has 0 aliphatic heterocycles. The number of hydrogen-bond donors (Lipinski definition) is 1. The van der Waals surface area contributed by atoms with Gasteiger partial charge in [-0.15, -0.1) is 0 Å². The summed E-state index contributed by atoms with van der Waals surface area (Å²) in [4.78, 5) is 4.16. The Bertz CT molecular complexity index is 359. The number of pyridine rings is 1. The van der Waals surface area contributed by atoms with Gasteiger partial charge >= 0.3 is 0 Å². The van der Waals surface area contributed by atoms with E-state index in [-0.39, 0.29) is 0 Å². The van der Waals surface area contributed by atoms with Crippen LogP contribution in [0.5, 0.6) is 0 Å². The molecule has 1 fully saturated rings. The standard InChI is InChI=1S/C17H28N2/c1-17(2,3)15-6-8-16(9-7-15)19-12-10-14-5-4-11-18-13-14/h4-5,11,13,15-16,19H,6-10,12H2,1-3H3. The molecule has 2 rings (SSSR count). The van der Waals surface area contributed by atoms with Crippen molar-refractivity contribution in [2.75, 3.05) is 6.54 Å². The van der Waals surface area contributed by atoms with Crippen molar-refractivity contribution in [1.82, 2.24) is 10.3 Å². The molecule has 1 aliphatic carbocycles. The molecule has 1 aromatic heterocycles. The monoisotopic (exact) mass is 260 g/mol. The largest absolute Gasteiger partial charge is 0.314 e. The zero-order valence-corrected chi connectivity index (χ0v) is 12.7. The minimum Gasteiger partial charge on any atom is -0.314 e. The van der Waals surface area contributed by atoms with Crippen molar-refractivity contribution in [2.45, 2.75) is 58.9 Å². The van der Waals surface area contributed by atoms with E-state index in [2.05, 4.69) is 37.1 Å². The van der Waals surface area contributed by atoms with E-state index in [9.17, 15) is 0 Å². The van der Waals surface area contributed by atoms with Crippen molar-refractivity contribution in [3.8, 4) is 0 Å². The molecule has 0 aromatic carbocycles. The van der Waals surface area contributed by atoms with Crippen LogP contribution in [0.15, 0.2) is 24.5 Å². The van der Waals surface area contributed by atoms with Crippen LogP contribution >= 0.6 is 0 Å². The second-order valence-electron chi connectivity index (χ2n) is 6.98. The van der Waals surface area contributed by atoms with Crippen molar-refractivity contribution in [3.05, 3.63) is 30.1 Å². The van der Waals surface area contributed by atoms with Gasteiger partial charge in [0.1, 0.15) is 0 Å². The Balaban J connectivity index is 1.66. The summed E-state index contributed by atoms with van der Waals surface area (Å²) >= 11 is 0. The molecule has 0 saturated heterocycles. The van der Waals surface area contributed by atoms with Crippen LogP contribution in [0, 0.1) is 11.3 Å². The number of nitrogens with one attached hydrogen (secondary N) is 1. The summed E-state index contributed by atoms with van der Waals surface area (Å²) in [5.41, 5.74) is 1.82. The van der Waals surface area contributed by atoms with Crippen LogP contribution in [0.4, 0.5) is 0 Å². The smallest absolute Gasteiger partial charge is 0.0300 e. The quantitative estimate of drug-likeness (QED) is 0.890. The molecule has 0 atom stereocenters. The average Bonchev–Trinajstić information content (AvgIpc) is 2.39. The molecule has 19 heavy (non-hydrogen) atoms. The highest BCUT2D eigenvalue weighted by atomic mass is 14.9. The van der Waals surface area contributed by atoms with Gasteiger partial charge in [-0.2, -0.15) is 0 Å². The van der Waals surface area contributed by atoms with E-state index < -0.39 is 0 Å². The van der Waals surface area contributed by atoms with Gasteiger partial charge in [-0.1, -0.05) is 26.8 Å². The molecular weight excluding hydrogens is 232 g/mol. The van der Waals surface area contributed by atoms with Gasteiger partial charge < -0.3 is 5.32 Å². The molecule has 1 saturated carbocycles. The van der Waals surface area contributed by atoms with E-state index in [0.717, 1.165) is 24.9 Å². The molecule has 1 aliphatic rings. The van der Waals surface area contributed by atoms with Gasteiger partial charge in [0.25, 0.3) is 0 Å². The third-order valence-corrected chi connectivity index (χ3v) is 4.52. The predicted molar refractivity (Wildman–Crippen MR) is 81.1 cm³/mol. The predicted octanol–water partition coefficient (Wildman–Crippen LogP) is 3.82. The fraction of sp³-hybridized carbons (Fsp3) is 0.706. The van der Waals surface area contributed by atoms with Crippen LogP contribution in [0.2, 0.25) is 0 Å². The van der Waals surface area contributed by atoms with Gasteiger partial charge in [-0.05, 0) is 61.6 Å². The highest BCUT2D eigenvalue weighted by Gasteiger charge is 2.29. The number of rotatable bonds is 4. The van der Waals surface area contributed by atoms with E-state index >= 15 is 0 Å². The summed E-state index contributed by atoms with van der Waals surface area (Å²) in [6.07, 6.45) is 10.3. The van der Waals surface area contributed by atoms with Crippen LogP contribution in [-0.4, -0.2) is 17.6 Å². The van der Waals surface area contributed by atoms with Gasteiger partial charge in [0.2, 0.25) is 0 Å². The Morgan fingerprint density at radius 3 is 2.53 bits per heavy atom. The number of hydrogen-bond acceptors (Lipinski definition) is 2. The maximum atomic E-state index is 4.16. The molecule has 1 heterocycles. The molecule has 2 nitrogen and oxygen atoms in total. The lowest BCUT2D eigenvalue weighted by Crippen LogP contribution is -2.37. The van der Waals surface area contributed by atoms with Crippen LogP contribution < -0.4 is 5.32 Å². The van der Waals surface area contributed by atoms with E-state index in [4.69, 9.17) is 0 Å². The fourth-order valence-corrected chi connectivity index (χ4v) is 3.13. The normalized spacial score (nSPS) is 24.4. The van der Waals surface area contributed by atoms with Crippen LogP contribution in [0.25, 0.3) is 0 Å². The lowest BCUT2D eigenvalue weighted by atomic mass is 9.71. The maximum absolute atomic E-state index is 4.16. The summed E-state index contributed by atoms with van der Waals surface area (Å²) in [6, 6.07) is 4.91. The Labute approximate surface area is 118 Å². The summed E-state index contributed by atoms with van der Waals surface area (Å²) in [5, 5.41) is 3.71. The van der Waals surface area contributed by atoms with Gasteiger partial charge in [-0.25, -0.2) is 0 Å². The Morgan fingerprint density at radius 1 is 1.21 bits per heavy atom. The molecule has 2 heteroatoms. The first kappa shape index (κ1) is 14.5. The molecule has 1 N–H and O–H groups in total. The van der Waals surface area contributed by atoms with Crippen molar-refractivity contribution in [1.29, 1.82) is 0 Å². The highest BCUT2D eigenvalue weighted by molar-refractivity contribution is 5.08. The molecule has 0 spiro atoms. The van der Waals surface area contributed by atoms with Gasteiger partial charge in [0.15, 0.2) is 0 Å². The summed E-state index contributed by atoms with van der Waals surface area (Å²) < 4.78 is 0. The lowest BCUT2D eigenvalue weighted by Gasteiger charge is -2.37. The minimum absolute atomic E-state index is 0.487. The topological polar surface area (TPSA) is 24.9 Å². The molecule has 0 radical (unpaired) electrons. The first-order valence-corrected chi connectivity index (χ1v) is 7.68. The average molecular weight is 260 g/mol. The van der Waals surface area contributed by atoms with Crippen molar-refractivity contribution in [3.63, 3.8) is 0 Å². The number of nitrogens with zero attached hydrogens (tertiary/aromatic N) is 1. The van der Waals surface area contributed by atoms with E-state index in [1.54, 1.807) is 0 Å². The summed E-state index contributed by atoms with van der Waals surface area (Å²) in [7, 11) is 0. The van der Waals surface area contributed by atoms with Gasteiger partial charge in [-0.3, -0.25) is 4.98 Å².